The van der Waals surface area contributed by atoms with Crippen LogP contribution in [0, 0.1) is 0 Å². The summed E-state index contributed by atoms with van der Waals surface area (Å²) in [5.41, 5.74) is 28.5. The second-order valence-electron chi connectivity index (χ2n) is 42.9. The Morgan fingerprint density at radius 3 is 0.686 bits per heavy atom. The number of imidazole rings is 5. The van der Waals surface area contributed by atoms with Crippen molar-refractivity contribution in [2.75, 3.05) is 138 Å². The molecule has 7 saturated heterocycles. The Bertz CT molecular complexity index is 5840. The molecule has 0 N–H and O–H groups in total. The van der Waals surface area contributed by atoms with Crippen molar-refractivity contribution in [2.24, 2.45) is 0 Å². The maximum atomic E-state index is 5.46. The summed E-state index contributed by atoms with van der Waals surface area (Å²) in [6.45, 7) is 37.0. The first-order valence-electron chi connectivity index (χ1n) is 53.8. The van der Waals surface area contributed by atoms with E-state index < -0.39 is 0 Å². The number of fused-ring (bicyclic) bond motifs is 23. The molecule has 0 aliphatic carbocycles. The summed E-state index contributed by atoms with van der Waals surface area (Å²) in [6, 6.07) is 65.0. The number of benzene rings is 8. The summed E-state index contributed by atoms with van der Waals surface area (Å²) < 4.78 is 23.4. The molecule has 0 saturated carbocycles. The van der Waals surface area contributed by atoms with Crippen molar-refractivity contribution < 1.29 is 9.47 Å². The van der Waals surface area contributed by atoms with E-state index in [2.05, 4.69) is 236 Å². The van der Waals surface area contributed by atoms with Gasteiger partial charge in [-0.25, -0.2) is 24.9 Å². The normalized spacial score (nSPS) is 23.7. The molecule has 22 heteroatoms. The molecule has 22 nitrogen and oxygen atoms in total. The van der Waals surface area contributed by atoms with Gasteiger partial charge in [-0.2, -0.15) is 0 Å². The van der Waals surface area contributed by atoms with Crippen molar-refractivity contribution in [1.82, 2.24) is 96.8 Å². The number of morpholine rings is 2. The molecule has 28 rings (SSSR count). The lowest BCUT2D eigenvalue weighted by molar-refractivity contribution is 0.0341. The predicted molar refractivity (Wildman–Crippen MR) is 548 cm³/mol. The fourth-order valence-corrected chi connectivity index (χ4v) is 26.6. The lowest BCUT2D eigenvalue weighted by Gasteiger charge is -2.33. The zero-order valence-electron chi connectivity index (χ0n) is 81.5. The molecule has 1 unspecified atom stereocenters. The molecule has 15 aliphatic heterocycles. The van der Waals surface area contributed by atoms with Gasteiger partial charge in [-0.05, 0) is 238 Å². The minimum atomic E-state index is 0.703. The summed E-state index contributed by atoms with van der Waals surface area (Å²) in [4.78, 5) is 51.6. The Hall–Kier alpha value is -9.37. The van der Waals surface area contributed by atoms with Gasteiger partial charge in [0.1, 0.15) is 29.1 Å². The third-order valence-electron chi connectivity index (χ3n) is 34.2. The number of hydrogen-bond donors (Lipinski definition) is 0. The first-order chi connectivity index (χ1) is 67.7. The van der Waals surface area contributed by atoms with Gasteiger partial charge in [0, 0.05) is 226 Å². The topological polar surface area (TPSA) is 140 Å². The molecule has 0 radical (unpaired) electrons. The zero-order valence-corrected chi connectivity index (χ0v) is 81.5. The fraction of sp³-hybridized carbons (Fsp3) is 0.539. The highest BCUT2D eigenvalue weighted by atomic mass is 16.5. The van der Waals surface area contributed by atoms with Crippen LogP contribution in [0.4, 0.5) is 0 Å². The molecule has 5 aromatic heterocycles. The molecule has 5 atom stereocenters. The highest BCUT2D eigenvalue weighted by molar-refractivity contribution is 5.80. The van der Waals surface area contributed by atoms with Crippen LogP contribution in [0.3, 0.4) is 0 Å². The Kier molecular flexibility index (Phi) is 27.3. The van der Waals surface area contributed by atoms with Gasteiger partial charge in [0.05, 0.1) is 81.6 Å². The molecule has 13 aromatic rings. The maximum Gasteiger partial charge on any atom is 0.111 e. The Morgan fingerprint density at radius 2 is 0.445 bits per heavy atom. The second-order valence-corrected chi connectivity index (χ2v) is 42.9. The van der Waals surface area contributed by atoms with Crippen molar-refractivity contribution in [3.8, 4) is 0 Å². The lowest BCUT2D eigenvalue weighted by atomic mass is 9.99. The smallest absolute Gasteiger partial charge is 0.111 e. The summed E-state index contributed by atoms with van der Waals surface area (Å²) >= 11 is 0. The predicted octanol–water partition coefficient (Wildman–Crippen LogP) is 16.6. The van der Waals surface area contributed by atoms with Gasteiger partial charge >= 0.3 is 0 Å². The molecular formula is C115H146N20O2. The number of rotatable bonds is 10. The van der Waals surface area contributed by atoms with Crippen molar-refractivity contribution in [2.45, 2.75) is 263 Å². The van der Waals surface area contributed by atoms with Crippen molar-refractivity contribution >= 4 is 55.2 Å². The third-order valence-corrected chi connectivity index (χ3v) is 34.2. The molecule has 0 spiro atoms. The van der Waals surface area contributed by atoms with Gasteiger partial charge in [0.15, 0.2) is 0 Å². The van der Waals surface area contributed by atoms with Crippen LogP contribution in [0.1, 0.15) is 187 Å². The quantitative estimate of drug-likeness (QED) is 0.128. The summed E-state index contributed by atoms with van der Waals surface area (Å²) in [7, 11) is 0. The highest BCUT2D eigenvalue weighted by Gasteiger charge is 2.36. The van der Waals surface area contributed by atoms with Crippen LogP contribution in [0.15, 0.2) is 164 Å². The van der Waals surface area contributed by atoms with Gasteiger partial charge in [0.2, 0.25) is 0 Å². The number of ether oxygens (including phenoxy) is 2. The van der Waals surface area contributed by atoms with E-state index in [-0.39, 0.29) is 0 Å². The van der Waals surface area contributed by atoms with Crippen LogP contribution < -0.4 is 0 Å². The Balaban J connectivity index is 0.0000000936. The van der Waals surface area contributed by atoms with E-state index in [0.29, 0.717) is 30.2 Å². The van der Waals surface area contributed by atoms with E-state index in [9.17, 15) is 0 Å². The number of hydrogen-bond acceptors (Lipinski definition) is 17. The fourth-order valence-electron chi connectivity index (χ4n) is 26.6. The maximum absolute atomic E-state index is 5.46. The first kappa shape index (κ1) is 90.2. The highest BCUT2D eigenvalue weighted by Crippen LogP contribution is 2.37. The SMILES string of the molecule is c1cc2c(cc1CN1CCOCC1)nc1n2CCN2CCCC[C@@H]2C1.c1cc2c(cc1CN1CCOCC1)nc1n2CCN2CCCC[C@H]2C1.c1ccc2c(c1)CCN(Cc1ccc3c(c1)nc1n3CCN3CCCCC3C1)C2.c1ccc2c(c1)CCN(Cc1ccc3c(c1)nc1n3CCN3CCCC[C@@H]3C1)C2.c1ccc2c(c1)CCN(Cc1ccc3c(c1)nc1n3CCN3CCCC[C@H]3C1)C2. The van der Waals surface area contributed by atoms with Gasteiger partial charge in [-0.3, -0.25) is 49.0 Å². The van der Waals surface area contributed by atoms with Crippen molar-refractivity contribution in [3.05, 3.63) is 254 Å². The molecule has 0 amide bonds. The monoisotopic (exact) mass is 1840 g/mol. The van der Waals surface area contributed by atoms with Crippen LogP contribution in [0.25, 0.3) is 55.2 Å². The van der Waals surface area contributed by atoms with Crippen molar-refractivity contribution in [3.63, 3.8) is 0 Å². The number of nitrogens with zero attached hydrogens (tertiary/aromatic N) is 20. The lowest BCUT2D eigenvalue weighted by Crippen LogP contribution is -2.40. The number of piperidine rings is 5. The van der Waals surface area contributed by atoms with E-state index in [0.717, 1.165) is 209 Å². The van der Waals surface area contributed by atoms with E-state index in [1.54, 1.807) is 0 Å². The largest absolute Gasteiger partial charge is 0.379 e. The van der Waals surface area contributed by atoms with Gasteiger partial charge in [-0.1, -0.05) is 135 Å². The van der Waals surface area contributed by atoms with Crippen LogP contribution in [0.2, 0.25) is 0 Å². The Morgan fingerprint density at radius 1 is 0.219 bits per heavy atom. The minimum Gasteiger partial charge on any atom is -0.379 e. The van der Waals surface area contributed by atoms with Crippen molar-refractivity contribution in [1.29, 1.82) is 0 Å². The molecule has 0 bridgehead atoms. The van der Waals surface area contributed by atoms with Crippen LogP contribution in [0.5, 0.6) is 0 Å². The van der Waals surface area contributed by atoms with E-state index in [1.807, 2.05) is 0 Å². The molecule has 8 aromatic carbocycles. The van der Waals surface area contributed by atoms with Gasteiger partial charge in [-0.15, -0.1) is 0 Å². The molecule has 7 fully saturated rings. The van der Waals surface area contributed by atoms with Crippen LogP contribution in [-0.2, 0) is 146 Å². The summed E-state index contributed by atoms with van der Waals surface area (Å²) in [5.74, 6) is 6.51. The summed E-state index contributed by atoms with van der Waals surface area (Å²) in [6.07, 6.45) is 29.5. The van der Waals surface area contributed by atoms with E-state index in [1.165, 1.54) is 307 Å². The van der Waals surface area contributed by atoms with E-state index >= 15 is 0 Å². The molecule has 137 heavy (non-hydrogen) atoms. The number of aromatic nitrogens is 10. The van der Waals surface area contributed by atoms with Gasteiger partial charge in [0.25, 0.3) is 0 Å². The molecule has 20 heterocycles. The van der Waals surface area contributed by atoms with Crippen LogP contribution >= 0.6 is 0 Å². The zero-order chi connectivity index (χ0) is 90.9. The first-order valence-corrected chi connectivity index (χ1v) is 53.8. The standard InChI is InChI=1S/3C25H30N4.2C20H28N4O/c3*1-2-6-21-18-27(12-10-20(21)5-1)17-19-8-9-24-23(15-19)26-25-16-22-7-3-4-11-28(22)13-14-29(24)25;2*1-2-6-23-7-8-24-19-5-4-16(15-22-9-11-25-12-10-22)13-18(19)21-20(24)14-17(23)3-1/h3*1-2,5-6,8-9,15,22H,3-4,7,10-14,16-18H2;2*4-5,13,17H,1-3,6-12,14-15H2/t2*22-;;2*17-/m10.10/s1. The summed E-state index contributed by atoms with van der Waals surface area (Å²) in [5, 5.41) is 0. The molecule has 15 aliphatic rings. The second kappa shape index (κ2) is 41.4. The average Bonchev–Trinajstić information content (AvgIpc) is 1.67. The van der Waals surface area contributed by atoms with E-state index in [4.69, 9.17) is 34.4 Å². The van der Waals surface area contributed by atoms with Crippen LogP contribution in [-0.4, -0.2) is 265 Å². The molecular weight excluding hydrogens is 1690 g/mol. The minimum absolute atomic E-state index is 0.703. The third kappa shape index (κ3) is 20.3. The Labute approximate surface area is 811 Å². The van der Waals surface area contributed by atoms with Gasteiger partial charge < -0.3 is 32.3 Å². The average molecular weight is 1840 g/mol. The molecule has 718 valence electrons.